The first kappa shape index (κ1) is 17.7. The molecule has 1 aliphatic carbocycles. The maximum atomic E-state index is 5.10. The number of rotatable bonds is 5. The van der Waals surface area contributed by atoms with Crippen molar-refractivity contribution in [2.45, 2.75) is 57.7 Å². The van der Waals surface area contributed by atoms with E-state index in [0.29, 0.717) is 6.04 Å². The van der Waals surface area contributed by atoms with Gasteiger partial charge in [0.2, 0.25) is 0 Å². The molecule has 28 heavy (non-hydrogen) atoms. The van der Waals surface area contributed by atoms with Crippen LogP contribution in [0.5, 0.6) is 0 Å². The Morgan fingerprint density at radius 1 is 1.04 bits per heavy atom. The van der Waals surface area contributed by atoms with Gasteiger partial charge in [-0.2, -0.15) is 0 Å². The van der Waals surface area contributed by atoms with Crippen molar-refractivity contribution < 1.29 is 0 Å². The number of hydrogen-bond acceptors (Lipinski definition) is 3. The lowest BCUT2D eigenvalue weighted by molar-refractivity contribution is 0.227. The Morgan fingerprint density at radius 3 is 2.75 bits per heavy atom. The van der Waals surface area contributed by atoms with Crippen LogP contribution in [-0.2, 0) is 33.0 Å². The van der Waals surface area contributed by atoms with Crippen LogP contribution in [0.15, 0.2) is 42.7 Å². The molecule has 0 unspecified atom stereocenters. The highest BCUT2D eigenvalue weighted by molar-refractivity contribution is 5.22. The SMILES string of the molecule is Cn1c([C@H]2CCCN2Cc2nccn2Cc2ccccc2)nc2c1CCCC2. The summed E-state index contributed by atoms with van der Waals surface area (Å²) in [5, 5.41) is 0. The minimum Gasteiger partial charge on any atom is -0.334 e. The van der Waals surface area contributed by atoms with Crippen LogP contribution in [0.3, 0.4) is 0 Å². The maximum absolute atomic E-state index is 5.10. The van der Waals surface area contributed by atoms with Crippen molar-refractivity contribution >= 4 is 0 Å². The predicted octanol–water partition coefficient (Wildman–Crippen LogP) is 3.88. The summed E-state index contributed by atoms with van der Waals surface area (Å²) >= 11 is 0. The summed E-state index contributed by atoms with van der Waals surface area (Å²) in [6.07, 6.45) is 11.4. The molecule has 0 radical (unpaired) electrons. The monoisotopic (exact) mass is 375 g/mol. The lowest BCUT2D eigenvalue weighted by Crippen LogP contribution is -2.26. The molecule has 0 amide bonds. The minimum atomic E-state index is 0.414. The highest BCUT2D eigenvalue weighted by Crippen LogP contribution is 2.34. The Hall–Kier alpha value is -2.40. The highest BCUT2D eigenvalue weighted by atomic mass is 15.3. The molecule has 5 nitrogen and oxygen atoms in total. The molecule has 2 aliphatic rings. The lowest BCUT2D eigenvalue weighted by Gasteiger charge is -2.24. The second-order valence-electron chi connectivity index (χ2n) is 8.21. The Balaban J connectivity index is 1.36. The zero-order valence-electron chi connectivity index (χ0n) is 16.7. The van der Waals surface area contributed by atoms with Crippen LogP contribution in [0, 0.1) is 0 Å². The van der Waals surface area contributed by atoms with E-state index in [4.69, 9.17) is 4.98 Å². The van der Waals surface area contributed by atoms with E-state index in [2.05, 4.69) is 62.6 Å². The second kappa shape index (κ2) is 7.55. The zero-order valence-corrected chi connectivity index (χ0v) is 16.7. The molecule has 1 atom stereocenters. The number of aromatic nitrogens is 4. The number of hydrogen-bond donors (Lipinski definition) is 0. The number of nitrogens with zero attached hydrogens (tertiary/aromatic N) is 5. The largest absolute Gasteiger partial charge is 0.334 e. The average molecular weight is 376 g/mol. The molecule has 3 aromatic rings. The van der Waals surface area contributed by atoms with E-state index in [1.165, 1.54) is 54.9 Å². The number of likely N-dealkylation sites (tertiary alicyclic amines) is 1. The molecule has 1 fully saturated rings. The molecule has 0 spiro atoms. The van der Waals surface area contributed by atoms with Crippen LogP contribution < -0.4 is 0 Å². The van der Waals surface area contributed by atoms with Crippen LogP contribution in [0.25, 0.3) is 0 Å². The molecule has 5 heteroatoms. The summed E-state index contributed by atoms with van der Waals surface area (Å²) in [6, 6.07) is 11.1. The van der Waals surface area contributed by atoms with Gasteiger partial charge in [-0.1, -0.05) is 30.3 Å². The summed E-state index contributed by atoms with van der Waals surface area (Å²) < 4.78 is 4.68. The van der Waals surface area contributed by atoms with Crippen molar-refractivity contribution in [1.82, 2.24) is 24.0 Å². The molecule has 1 saturated heterocycles. The summed E-state index contributed by atoms with van der Waals surface area (Å²) in [4.78, 5) is 12.4. The molecular formula is C23H29N5. The van der Waals surface area contributed by atoms with Crippen molar-refractivity contribution in [3.63, 3.8) is 0 Å². The summed E-state index contributed by atoms with van der Waals surface area (Å²) in [5.74, 6) is 2.42. The molecule has 146 valence electrons. The highest BCUT2D eigenvalue weighted by Gasteiger charge is 2.32. The van der Waals surface area contributed by atoms with Crippen LogP contribution in [0.2, 0.25) is 0 Å². The van der Waals surface area contributed by atoms with Gasteiger partial charge in [-0.05, 0) is 50.6 Å². The van der Waals surface area contributed by atoms with Gasteiger partial charge in [0.05, 0.1) is 18.3 Å². The molecule has 1 aliphatic heterocycles. The van der Waals surface area contributed by atoms with E-state index in [1.54, 1.807) is 0 Å². The van der Waals surface area contributed by atoms with Crippen molar-refractivity contribution in [2.75, 3.05) is 6.54 Å². The topological polar surface area (TPSA) is 38.9 Å². The van der Waals surface area contributed by atoms with Crippen molar-refractivity contribution in [3.05, 3.63) is 71.3 Å². The Labute approximate surface area is 167 Å². The van der Waals surface area contributed by atoms with Gasteiger partial charge in [0.1, 0.15) is 11.6 Å². The molecule has 0 N–H and O–H groups in total. The van der Waals surface area contributed by atoms with Gasteiger partial charge in [0, 0.05) is 31.7 Å². The fourth-order valence-corrected chi connectivity index (χ4v) is 4.91. The van der Waals surface area contributed by atoms with E-state index >= 15 is 0 Å². The number of aryl methyl sites for hydroxylation is 1. The maximum Gasteiger partial charge on any atom is 0.126 e. The molecular weight excluding hydrogens is 346 g/mol. The third-order valence-electron chi connectivity index (χ3n) is 6.41. The molecule has 5 rings (SSSR count). The van der Waals surface area contributed by atoms with Crippen molar-refractivity contribution in [1.29, 1.82) is 0 Å². The van der Waals surface area contributed by atoms with E-state index in [0.717, 1.165) is 31.9 Å². The smallest absolute Gasteiger partial charge is 0.126 e. The first-order valence-corrected chi connectivity index (χ1v) is 10.6. The van der Waals surface area contributed by atoms with Crippen LogP contribution >= 0.6 is 0 Å². The van der Waals surface area contributed by atoms with Gasteiger partial charge < -0.3 is 9.13 Å². The standard InChI is InChI=1S/C23H29N5/c1-26-20-11-6-5-10-19(20)25-23(26)21-12-7-14-27(21)17-22-24-13-15-28(22)16-18-8-3-2-4-9-18/h2-4,8-9,13,15,21H,5-7,10-12,14,16-17H2,1H3/t21-/m1/s1. The Morgan fingerprint density at radius 2 is 1.89 bits per heavy atom. The molecule has 2 aromatic heterocycles. The normalized spacial score (nSPS) is 19.8. The van der Waals surface area contributed by atoms with Crippen LogP contribution in [0.4, 0.5) is 0 Å². The lowest BCUT2D eigenvalue weighted by atomic mass is 10.0. The fourth-order valence-electron chi connectivity index (χ4n) is 4.91. The zero-order chi connectivity index (χ0) is 18.9. The number of benzene rings is 1. The summed E-state index contributed by atoms with van der Waals surface area (Å²) in [7, 11) is 2.22. The average Bonchev–Trinajstić information content (AvgIpc) is 3.44. The van der Waals surface area contributed by atoms with Crippen molar-refractivity contribution in [3.8, 4) is 0 Å². The van der Waals surface area contributed by atoms with E-state index < -0.39 is 0 Å². The molecule has 0 bridgehead atoms. The van der Waals surface area contributed by atoms with Gasteiger partial charge >= 0.3 is 0 Å². The van der Waals surface area contributed by atoms with Gasteiger partial charge in [-0.3, -0.25) is 4.90 Å². The van der Waals surface area contributed by atoms with Gasteiger partial charge in [0.25, 0.3) is 0 Å². The molecule has 3 heterocycles. The molecule has 1 aromatic carbocycles. The number of fused-ring (bicyclic) bond motifs is 1. The predicted molar refractivity (Wildman–Crippen MR) is 110 cm³/mol. The first-order chi connectivity index (χ1) is 13.8. The number of imidazole rings is 2. The van der Waals surface area contributed by atoms with Crippen molar-refractivity contribution in [2.24, 2.45) is 7.05 Å². The molecule has 0 saturated carbocycles. The van der Waals surface area contributed by atoms with Crippen LogP contribution in [0.1, 0.15) is 60.3 Å². The third-order valence-corrected chi connectivity index (χ3v) is 6.41. The van der Waals surface area contributed by atoms with E-state index in [1.807, 2.05) is 6.20 Å². The van der Waals surface area contributed by atoms with E-state index in [9.17, 15) is 0 Å². The Bertz CT molecular complexity index is 939. The fraction of sp³-hybridized carbons (Fsp3) is 0.478. The van der Waals surface area contributed by atoms with Gasteiger partial charge in [-0.25, -0.2) is 9.97 Å². The third kappa shape index (κ3) is 3.28. The van der Waals surface area contributed by atoms with Gasteiger partial charge in [0.15, 0.2) is 0 Å². The van der Waals surface area contributed by atoms with Gasteiger partial charge in [-0.15, -0.1) is 0 Å². The van der Waals surface area contributed by atoms with Crippen LogP contribution in [-0.4, -0.2) is 30.5 Å². The summed E-state index contributed by atoms with van der Waals surface area (Å²) in [5.41, 5.74) is 4.14. The Kier molecular flexibility index (Phi) is 4.77. The van der Waals surface area contributed by atoms with E-state index in [-0.39, 0.29) is 0 Å². The second-order valence-corrected chi connectivity index (χ2v) is 8.21. The minimum absolute atomic E-state index is 0.414. The first-order valence-electron chi connectivity index (χ1n) is 10.6. The summed E-state index contributed by atoms with van der Waals surface area (Å²) in [6.45, 7) is 2.90. The quantitative estimate of drug-likeness (QED) is 0.679.